The van der Waals surface area contributed by atoms with Gasteiger partial charge in [0.25, 0.3) is 0 Å². The summed E-state index contributed by atoms with van der Waals surface area (Å²) in [4.78, 5) is 0. The highest BCUT2D eigenvalue weighted by atomic mass is 16.5. The van der Waals surface area contributed by atoms with Gasteiger partial charge in [0.1, 0.15) is 6.73 Å². The molecule has 3 heteroatoms. The fourth-order valence-electron chi connectivity index (χ4n) is 2.71. The predicted molar refractivity (Wildman–Crippen MR) is 87.3 cm³/mol. The zero-order valence-electron chi connectivity index (χ0n) is 12.2. The number of benzene rings is 2. The second kappa shape index (κ2) is 7.25. The van der Waals surface area contributed by atoms with Crippen LogP contribution in [0.25, 0.3) is 11.1 Å². The molecule has 2 N–H and O–H groups in total. The third kappa shape index (κ3) is 3.84. The second-order valence-electron chi connectivity index (χ2n) is 5.35. The number of ether oxygens (including phenoxy) is 1. The van der Waals surface area contributed by atoms with E-state index in [0.29, 0.717) is 12.8 Å². The van der Waals surface area contributed by atoms with Crippen molar-refractivity contribution in [3.8, 4) is 11.1 Å². The number of hydrogen-bond acceptors (Lipinski definition) is 3. The lowest BCUT2D eigenvalue weighted by atomic mass is 10.0. The van der Waals surface area contributed by atoms with Crippen molar-refractivity contribution in [3.05, 3.63) is 54.6 Å². The second-order valence-corrected chi connectivity index (χ2v) is 5.35. The highest BCUT2D eigenvalue weighted by Gasteiger charge is 2.13. The summed E-state index contributed by atoms with van der Waals surface area (Å²) in [5.74, 6) is 0. The van der Waals surface area contributed by atoms with E-state index in [2.05, 4.69) is 59.2 Å². The fraction of sp³-hybridized carbons (Fsp3) is 0.333. The molecule has 0 atom stereocenters. The summed E-state index contributed by atoms with van der Waals surface area (Å²) in [6, 6.07) is 18.8. The highest BCUT2D eigenvalue weighted by Crippen LogP contribution is 2.27. The van der Waals surface area contributed by atoms with Gasteiger partial charge in [0.15, 0.2) is 0 Å². The van der Waals surface area contributed by atoms with Crippen LogP contribution < -0.4 is 10.6 Å². The topological polar surface area (TPSA) is 33.3 Å². The summed E-state index contributed by atoms with van der Waals surface area (Å²) in [6.45, 7) is 2.69. The maximum absolute atomic E-state index is 5.93. The standard InChI is InChI=1S/C18H22N2O/c1-2-6-15(7-3-1)17-8-4-5-9-18(17)20-14-21-16-10-12-19-13-11-16/h1-9,16,19-20H,10-14H2. The van der Waals surface area contributed by atoms with Gasteiger partial charge in [0, 0.05) is 11.3 Å². The Morgan fingerprint density at radius 1 is 0.952 bits per heavy atom. The minimum absolute atomic E-state index is 0.377. The minimum Gasteiger partial charge on any atom is -0.362 e. The van der Waals surface area contributed by atoms with Crippen LogP contribution in [0.2, 0.25) is 0 Å². The lowest BCUT2D eigenvalue weighted by molar-refractivity contribution is 0.0448. The number of piperidine rings is 1. The van der Waals surface area contributed by atoms with Gasteiger partial charge >= 0.3 is 0 Å². The van der Waals surface area contributed by atoms with E-state index in [1.165, 1.54) is 11.1 Å². The predicted octanol–water partition coefficient (Wildman–Crippen LogP) is 3.49. The van der Waals surface area contributed by atoms with Gasteiger partial charge in [-0.15, -0.1) is 0 Å². The first-order chi connectivity index (χ1) is 10.4. The van der Waals surface area contributed by atoms with Crippen molar-refractivity contribution >= 4 is 5.69 Å². The monoisotopic (exact) mass is 282 g/mol. The Bertz CT molecular complexity index is 550. The normalized spacial score (nSPS) is 15.8. The van der Waals surface area contributed by atoms with E-state index in [1.54, 1.807) is 0 Å². The average Bonchev–Trinajstić information content (AvgIpc) is 2.57. The van der Waals surface area contributed by atoms with E-state index in [-0.39, 0.29) is 0 Å². The molecule has 110 valence electrons. The Kier molecular flexibility index (Phi) is 4.87. The Labute approximate surface area is 126 Å². The molecule has 3 nitrogen and oxygen atoms in total. The largest absolute Gasteiger partial charge is 0.362 e. The van der Waals surface area contributed by atoms with Gasteiger partial charge in [0.05, 0.1) is 6.10 Å². The third-order valence-corrected chi connectivity index (χ3v) is 3.88. The van der Waals surface area contributed by atoms with Crippen LogP contribution >= 0.6 is 0 Å². The number of para-hydroxylation sites is 1. The molecule has 2 aromatic rings. The molecule has 2 aromatic carbocycles. The SMILES string of the molecule is c1ccc(-c2ccccc2NCOC2CCNCC2)cc1. The third-order valence-electron chi connectivity index (χ3n) is 3.88. The van der Waals surface area contributed by atoms with Gasteiger partial charge in [0.2, 0.25) is 0 Å². The zero-order valence-corrected chi connectivity index (χ0v) is 12.2. The summed E-state index contributed by atoms with van der Waals surface area (Å²) in [7, 11) is 0. The summed E-state index contributed by atoms with van der Waals surface area (Å²) in [6.07, 6.45) is 2.58. The number of nitrogens with one attached hydrogen (secondary N) is 2. The molecular formula is C18H22N2O. The van der Waals surface area contributed by atoms with Gasteiger partial charge < -0.3 is 15.4 Å². The van der Waals surface area contributed by atoms with Crippen molar-refractivity contribution in [1.29, 1.82) is 0 Å². The Morgan fingerprint density at radius 3 is 2.48 bits per heavy atom. The van der Waals surface area contributed by atoms with Crippen LogP contribution in [0.4, 0.5) is 5.69 Å². The molecule has 1 aliphatic heterocycles. The van der Waals surface area contributed by atoms with Crippen molar-refractivity contribution in [1.82, 2.24) is 5.32 Å². The van der Waals surface area contributed by atoms with Crippen LogP contribution in [0.3, 0.4) is 0 Å². The lowest BCUT2D eigenvalue weighted by Crippen LogP contribution is -2.33. The van der Waals surface area contributed by atoms with Crippen LogP contribution in [0.1, 0.15) is 12.8 Å². The van der Waals surface area contributed by atoms with Crippen molar-refractivity contribution in [2.45, 2.75) is 18.9 Å². The Hall–Kier alpha value is -1.84. The van der Waals surface area contributed by atoms with Crippen molar-refractivity contribution in [2.24, 2.45) is 0 Å². The Balaban J connectivity index is 1.63. The van der Waals surface area contributed by atoms with E-state index < -0.39 is 0 Å². The van der Waals surface area contributed by atoms with Crippen molar-refractivity contribution in [2.75, 3.05) is 25.1 Å². The highest BCUT2D eigenvalue weighted by molar-refractivity contribution is 5.77. The van der Waals surface area contributed by atoms with E-state index in [0.717, 1.165) is 31.6 Å². The van der Waals surface area contributed by atoms with Crippen LogP contribution in [0, 0.1) is 0 Å². The van der Waals surface area contributed by atoms with Gasteiger partial charge in [-0.3, -0.25) is 0 Å². The summed E-state index contributed by atoms with van der Waals surface area (Å²) in [5.41, 5.74) is 3.56. The van der Waals surface area contributed by atoms with Crippen LogP contribution in [-0.2, 0) is 4.74 Å². The molecule has 0 spiro atoms. The number of anilines is 1. The summed E-state index contributed by atoms with van der Waals surface area (Å²) in [5, 5.41) is 6.77. The molecule has 0 bridgehead atoms. The molecular weight excluding hydrogens is 260 g/mol. The first kappa shape index (κ1) is 14.1. The number of rotatable bonds is 5. The maximum atomic E-state index is 5.93. The molecule has 3 rings (SSSR count). The van der Waals surface area contributed by atoms with Crippen molar-refractivity contribution < 1.29 is 4.74 Å². The quantitative estimate of drug-likeness (QED) is 0.824. The molecule has 1 heterocycles. The molecule has 21 heavy (non-hydrogen) atoms. The van der Waals surface area contributed by atoms with Crippen molar-refractivity contribution in [3.63, 3.8) is 0 Å². The molecule has 1 saturated heterocycles. The zero-order chi connectivity index (χ0) is 14.3. The van der Waals surface area contributed by atoms with Crippen LogP contribution in [0.5, 0.6) is 0 Å². The molecule has 0 radical (unpaired) electrons. The average molecular weight is 282 g/mol. The van der Waals surface area contributed by atoms with E-state index in [9.17, 15) is 0 Å². The molecule has 0 unspecified atom stereocenters. The van der Waals surface area contributed by atoms with E-state index in [1.807, 2.05) is 6.07 Å². The van der Waals surface area contributed by atoms with Gasteiger partial charge in [-0.05, 0) is 37.6 Å². The molecule has 0 amide bonds. The van der Waals surface area contributed by atoms with E-state index in [4.69, 9.17) is 4.74 Å². The van der Waals surface area contributed by atoms with Gasteiger partial charge in [-0.25, -0.2) is 0 Å². The molecule has 1 aliphatic rings. The molecule has 1 fully saturated rings. The smallest absolute Gasteiger partial charge is 0.116 e. The fourth-order valence-corrected chi connectivity index (χ4v) is 2.71. The summed E-state index contributed by atoms with van der Waals surface area (Å²) < 4.78 is 5.93. The minimum atomic E-state index is 0.377. The molecule has 0 saturated carbocycles. The Morgan fingerprint density at radius 2 is 1.67 bits per heavy atom. The summed E-state index contributed by atoms with van der Waals surface area (Å²) >= 11 is 0. The van der Waals surface area contributed by atoms with Crippen LogP contribution in [0.15, 0.2) is 54.6 Å². The van der Waals surface area contributed by atoms with Crippen LogP contribution in [-0.4, -0.2) is 25.9 Å². The molecule has 0 aliphatic carbocycles. The van der Waals surface area contributed by atoms with E-state index >= 15 is 0 Å². The van der Waals surface area contributed by atoms with Gasteiger partial charge in [-0.2, -0.15) is 0 Å². The number of hydrogen-bond donors (Lipinski definition) is 2. The first-order valence-corrected chi connectivity index (χ1v) is 7.64. The first-order valence-electron chi connectivity index (χ1n) is 7.64. The van der Waals surface area contributed by atoms with Gasteiger partial charge in [-0.1, -0.05) is 48.5 Å². The maximum Gasteiger partial charge on any atom is 0.116 e. The molecule has 0 aromatic heterocycles. The lowest BCUT2D eigenvalue weighted by Gasteiger charge is -2.23.